The van der Waals surface area contributed by atoms with Crippen LogP contribution < -0.4 is 0 Å². The molecule has 1 N–H and O–H groups in total. The van der Waals surface area contributed by atoms with E-state index in [1.54, 1.807) is 35.8 Å². The van der Waals surface area contributed by atoms with Crippen molar-refractivity contribution in [3.8, 4) is 0 Å². The van der Waals surface area contributed by atoms with E-state index in [9.17, 15) is 23.1 Å². The molecule has 132 valence electrons. The van der Waals surface area contributed by atoms with Crippen LogP contribution >= 0.6 is 0 Å². The van der Waals surface area contributed by atoms with Crippen LogP contribution in [-0.2, 0) is 21.2 Å². The minimum absolute atomic E-state index is 0.0332. The van der Waals surface area contributed by atoms with Crippen molar-refractivity contribution in [1.82, 2.24) is 4.57 Å². The van der Waals surface area contributed by atoms with Gasteiger partial charge in [0.15, 0.2) is 9.84 Å². The zero-order valence-corrected chi connectivity index (χ0v) is 14.6. The topological polar surface area (TPSA) is 93.4 Å². The SMILES string of the molecule is CCCS(=O)(=O)c1cccc(C(=O)c2ccc3n2CCC3C(=O)O)c1. The number of benzene rings is 1. The van der Waals surface area contributed by atoms with Gasteiger partial charge in [-0.25, -0.2) is 8.42 Å². The molecule has 7 heteroatoms. The number of aliphatic carboxylic acids is 1. The molecule has 1 unspecified atom stereocenters. The second kappa shape index (κ2) is 6.48. The second-order valence-corrected chi connectivity index (χ2v) is 8.26. The Hall–Kier alpha value is -2.41. The van der Waals surface area contributed by atoms with Crippen molar-refractivity contribution in [3.63, 3.8) is 0 Å². The van der Waals surface area contributed by atoms with Crippen molar-refractivity contribution in [2.75, 3.05) is 5.75 Å². The van der Waals surface area contributed by atoms with E-state index >= 15 is 0 Å². The lowest BCUT2D eigenvalue weighted by atomic mass is 10.1. The van der Waals surface area contributed by atoms with Crippen molar-refractivity contribution < 1.29 is 23.1 Å². The smallest absolute Gasteiger partial charge is 0.312 e. The number of hydrogen-bond acceptors (Lipinski definition) is 4. The van der Waals surface area contributed by atoms with Crippen LogP contribution in [0, 0.1) is 0 Å². The first kappa shape index (κ1) is 17.4. The van der Waals surface area contributed by atoms with E-state index < -0.39 is 21.7 Å². The summed E-state index contributed by atoms with van der Waals surface area (Å²) in [5, 5.41) is 9.24. The molecule has 0 bridgehead atoms. The molecule has 0 amide bonds. The molecule has 1 aliphatic heterocycles. The Morgan fingerprint density at radius 3 is 2.68 bits per heavy atom. The first-order chi connectivity index (χ1) is 11.8. The number of carboxylic acid groups (broad SMARTS) is 1. The van der Waals surface area contributed by atoms with Crippen LogP contribution in [0.1, 0.15) is 47.4 Å². The van der Waals surface area contributed by atoms with Crippen molar-refractivity contribution in [3.05, 3.63) is 53.3 Å². The highest BCUT2D eigenvalue weighted by Crippen LogP contribution is 2.31. The van der Waals surface area contributed by atoms with Gasteiger partial charge in [-0.2, -0.15) is 0 Å². The van der Waals surface area contributed by atoms with E-state index in [-0.39, 0.29) is 22.0 Å². The summed E-state index contributed by atoms with van der Waals surface area (Å²) in [5.41, 5.74) is 1.30. The van der Waals surface area contributed by atoms with Crippen molar-refractivity contribution in [2.24, 2.45) is 0 Å². The maximum atomic E-state index is 12.8. The first-order valence-electron chi connectivity index (χ1n) is 8.15. The average Bonchev–Trinajstić information content (AvgIpc) is 3.15. The van der Waals surface area contributed by atoms with Gasteiger partial charge in [0.1, 0.15) is 0 Å². The van der Waals surface area contributed by atoms with Gasteiger partial charge in [0.05, 0.1) is 22.3 Å². The molecule has 1 aliphatic rings. The van der Waals surface area contributed by atoms with Crippen LogP contribution in [0.3, 0.4) is 0 Å². The summed E-state index contributed by atoms with van der Waals surface area (Å²) in [7, 11) is -3.40. The number of ketones is 1. The highest BCUT2D eigenvalue weighted by atomic mass is 32.2. The number of carbonyl (C=O) groups is 2. The lowest BCUT2D eigenvalue weighted by Gasteiger charge is -2.08. The van der Waals surface area contributed by atoms with Crippen LogP contribution in [-0.4, -0.2) is 35.6 Å². The second-order valence-electron chi connectivity index (χ2n) is 6.15. The Morgan fingerprint density at radius 1 is 1.24 bits per heavy atom. The Balaban J connectivity index is 1.96. The number of nitrogens with zero attached hydrogens (tertiary/aromatic N) is 1. The van der Waals surface area contributed by atoms with Gasteiger partial charge in [-0.05, 0) is 37.1 Å². The predicted octanol–water partition coefficient (Wildman–Crippen LogP) is 2.47. The fourth-order valence-corrected chi connectivity index (χ4v) is 4.62. The summed E-state index contributed by atoms with van der Waals surface area (Å²) in [6, 6.07) is 9.30. The summed E-state index contributed by atoms with van der Waals surface area (Å²) in [5.74, 6) is -1.77. The number of sulfone groups is 1. The molecule has 1 aromatic heterocycles. The maximum absolute atomic E-state index is 12.8. The van der Waals surface area contributed by atoms with Crippen LogP contribution in [0.5, 0.6) is 0 Å². The normalized spacial score (nSPS) is 16.6. The average molecular weight is 361 g/mol. The summed E-state index contributed by atoms with van der Waals surface area (Å²) in [6.07, 6.45) is 0.958. The number of hydrogen-bond donors (Lipinski definition) is 1. The van der Waals surface area contributed by atoms with E-state index in [1.165, 1.54) is 12.1 Å². The van der Waals surface area contributed by atoms with E-state index in [4.69, 9.17) is 0 Å². The fourth-order valence-electron chi connectivity index (χ4n) is 3.26. The van der Waals surface area contributed by atoms with Gasteiger partial charge >= 0.3 is 5.97 Å². The van der Waals surface area contributed by atoms with Crippen LogP contribution in [0.15, 0.2) is 41.3 Å². The number of aromatic nitrogens is 1. The molecule has 0 spiro atoms. The molecule has 6 nitrogen and oxygen atoms in total. The number of carbonyl (C=O) groups excluding carboxylic acids is 1. The monoisotopic (exact) mass is 361 g/mol. The van der Waals surface area contributed by atoms with Gasteiger partial charge in [-0.15, -0.1) is 0 Å². The largest absolute Gasteiger partial charge is 0.481 e. The molecule has 2 heterocycles. The molecule has 0 saturated carbocycles. The zero-order chi connectivity index (χ0) is 18.2. The van der Waals surface area contributed by atoms with E-state index in [0.717, 1.165) is 0 Å². The molecule has 0 fully saturated rings. The third kappa shape index (κ3) is 3.11. The summed E-state index contributed by atoms with van der Waals surface area (Å²) in [4.78, 5) is 24.2. The van der Waals surface area contributed by atoms with Gasteiger partial charge in [0.25, 0.3) is 0 Å². The highest BCUT2D eigenvalue weighted by molar-refractivity contribution is 7.91. The molecule has 1 aromatic carbocycles. The minimum Gasteiger partial charge on any atom is -0.481 e. The van der Waals surface area contributed by atoms with Gasteiger partial charge in [-0.3, -0.25) is 9.59 Å². The summed E-state index contributed by atoms with van der Waals surface area (Å²) in [6.45, 7) is 2.25. The van der Waals surface area contributed by atoms with E-state index in [0.29, 0.717) is 30.8 Å². The predicted molar refractivity (Wildman–Crippen MR) is 91.6 cm³/mol. The van der Waals surface area contributed by atoms with Crippen molar-refractivity contribution in [2.45, 2.75) is 37.1 Å². The quantitative estimate of drug-likeness (QED) is 0.798. The first-order valence-corrected chi connectivity index (χ1v) is 9.80. The van der Waals surface area contributed by atoms with Crippen molar-refractivity contribution in [1.29, 1.82) is 0 Å². The summed E-state index contributed by atoms with van der Waals surface area (Å²) < 4.78 is 26.2. The minimum atomic E-state index is -3.40. The van der Waals surface area contributed by atoms with Crippen LogP contribution in [0.25, 0.3) is 0 Å². The Bertz CT molecular complexity index is 942. The number of rotatable bonds is 6. The lowest BCUT2D eigenvalue weighted by molar-refractivity contribution is -0.138. The fraction of sp³-hybridized carbons (Fsp3) is 0.333. The van der Waals surface area contributed by atoms with Crippen LogP contribution in [0.4, 0.5) is 0 Å². The van der Waals surface area contributed by atoms with Gasteiger partial charge in [0, 0.05) is 17.8 Å². The van der Waals surface area contributed by atoms with E-state index in [2.05, 4.69) is 0 Å². The third-order valence-corrected chi connectivity index (χ3v) is 6.39. The standard InChI is InChI=1S/C18H19NO5S/c1-2-10-25(23,24)13-5-3-4-12(11-13)17(20)16-7-6-15-14(18(21)22)8-9-19(15)16/h3-7,11,14H,2,8-10H2,1H3,(H,21,22). The van der Waals surface area contributed by atoms with Gasteiger partial charge < -0.3 is 9.67 Å². The summed E-state index contributed by atoms with van der Waals surface area (Å²) >= 11 is 0. The van der Waals surface area contributed by atoms with Crippen molar-refractivity contribution >= 4 is 21.6 Å². The molecule has 3 rings (SSSR count). The molecule has 0 saturated heterocycles. The molecular weight excluding hydrogens is 342 g/mol. The highest BCUT2D eigenvalue weighted by Gasteiger charge is 2.31. The lowest BCUT2D eigenvalue weighted by Crippen LogP contribution is -2.11. The molecule has 0 radical (unpaired) electrons. The van der Waals surface area contributed by atoms with Crippen LogP contribution in [0.2, 0.25) is 0 Å². The molecule has 25 heavy (non-hydrogen) atoms. The molecule has 0 aliphatic carbocycles. The van der Waals surface area contributed by atoms with E-state index in [1.807, 2.05) is 0 Å². The number of fused-ring (bicyclic) bond motifs is 1. The number of carboxylic acids is 1. The molecule has 1 atom stereocenters. The van der Waals surface area contributed by atoms with Gasteiger partial charge in [-0.1, -0.05) is 19.1 Å². The van der Waals surface area contributed by atoms with Gasteiger partial charge in [0.2, 0.25) is 5.78 Å². The Morgan fingerprint density at radius 2 is 2.00 bits per heavy atom. The Kier molecular flexibility index (Phi) is 4.51. The zero-order valence-electron chi connectivity index (χ0n) is 13.8. The maximum Gasteiger partial charge on any atom is 0.312 e. The molecular formula is C18H19NO5S. The molecule has 2 aromatic rings. The Labute approximate surface area is 146 Å². The third-order valence-electron chi connectivity index (χ3n) is 4.47.